The number of hydrogen-bond donors (Lipinski definition) is 0. The van der Waals surface area contributed by atoms with Crippen molar-refractivity contribution in [3.63, 3.8) is 0 Å². The molecular weight excluding hydrogens is 133 g/mol. The van der Waals surface area contributed by atoms with Gasteiger partial charge in [-0.05, 0) is 20.4 Å². The van der Waals surface area contributed by atoms with E-state index in [1.54, 1.807) is 0 Å². The van der Waals surface area contributed by atoms with E-state index in [4.69, 9.17) is 9.79 Å². The molecule has 0 spiro atoms. The SMILES string of the molecule is C=P(C)(C)OCCC#N. The minimum absolute atomic E-state index is 0.471. The fourth-order valence-electron chi connectivity index (χ4n) is 0.338. The van der Waals surface area contributed by atoms with Gasteiger partial charge in [-0.2, -0.15) is 5.26 Å². The summed E-state index contributed by atoms with van der Waals surface area (Å²) in [5, 5.41) is 8.13. The molecule has 9 heavy (non-hydrogen) atoms. The Hall–Kier alpha value is -0.250. The zero-order chi connectivity index (χ0) is 7.33. The zero-order valence-electron chi connectivity index (χ0n) is 5.92. The summed E-state index contributed by atoms with van der Waals surface area (Å²) < 4.78 is 5.25. The van der Waals surface area contributed by atoms with Gasteiger partial charge >= 0.3 is 0 Å². The average Bonchev–Trinajstić information content (AvgIpc) is 1.63. The van der Waals surface area contributed by atoms with Crippen molar-refractivity contribution in [2.24, 2.45) is 0 Å². The number of nitriles is 1. The van der Waals surface area contributed by atoms with Gasteiger partial charge in [0.15, 0.2) is 0 Å². The Kier molecular flexibility index (Phi) is 3.61. The van der Waals surface area contributed by atoms with E-state index >= 15 is 0 Å². The average molecular weight is 145 g/mol. The smallest absolute Gasteiger partial charge is 0.0646 e. The van der Waals surface area contributed by atoms with Crippen LogP contribution in [-0.4, -0.2) is 26.2 Å². The summed E-state index contributed by atoms with van der Waals surface area (Å²) in [6.45, 7) is 4.48. The van der Waals surface area contributed by atoms with Crippen LogP contribution in [0, 0.1) is 11.3 Å². The van der Waals surface area contributed by atoms with Crippen LogP contribution >= 0.6 is 7.11 Å². The second kappa shape index (κ2) is 3.71. The summed E-state index contributed by atoms with van der Waals surface area (Å²) in [6.07, 6.45) is 4.29. The van der Waals surface area contributed by atoms with Crippen molar-refractivity contribution in [2.45, 2.75) is 6.42 Å². The predicted molar refractivity (Wildman–Crippen MR) is 42.1 cm³/mol. The Morgan fingerprint density at radius 3 is 2.56 bits per heavy atom. The van der Waals surface area contributed by atoms with Crippen molar-refractivity contribution in [2.75, 3.05) is 19.9 Å². The van der Waals surface area contributed by atoms with Crippen molar-refractivity contribution >= 4 is 13.4 Å². The molecule has 3 heteroatoms. The first-order valence-electron chi connectivity index (χ1n) is 2.76. The van der Waals surface area contributed by atoms with E-state index < -0.39 is 7.11 Å². The van der Waals surface area contributed by atoms with E-state index in [0.29, 0.717) is 13.0 Å². The molecule has 0 heterocycles. The minimum Gasteiger partial charge on any atom is -0.361 e. The van der Waals surface area contributed by atoms with Gasteiger partial charge in [-0.15, -0.1) is 0 Å². The van der Waals surface area contributed by atoms with Crippen LogP contribution in [0.2, 0.25) is 0 Å². The van der Waals surface area contributed by atoms with Gasteiger partial charge in [0.1, 0.15) is 0 Å². The third-order valence-corrected chi connectivity index (χ3v) is 1.54. The first-order valence-corrected chi connectivity index (χ1v) is 5.55. The zero-order valence-corrected chi connectivity index (χ0v) is 6.82. The molecule has 0 aliphatic rings. The molecule has 0 bridgehead atoms. The van der Waals surface area contributed by atoms with Gasteiger partial charge in [0.25, 0.3) is 0 Å². The highest BCUT2D eigenvalue weighted by Gasteiger charge is 1.96. The Bertz CT molecular complexity index is 153. The van der Waals surface area contributed by atoms with Crippen molar-refractivity contribution in [3.05, 3.63) is 0 Å². The van der Waals surface area contributed by atoms with E-state index in [1.807, 2.05) is 19.4 Å². The maximum absolute atomic E-state index is 8.13. The van der Waals surface area contributed by atoms with Crippen LogP contribution in [0.15, 0.2) is 0 Å². The Morgan fingerprint density at radius 1 is 1.67 bits per heavy atom. The minimum atomic E-state index is -1.35. The number of nitrogens with zero attached hydrogens (tertiary/aromatic N) is 1. The lowest BCUT2D eigenvalue weighted by molar-refractivity contribution is 0.365. The third kappa shape index (κ3) is 7.75. The third-order valence-electron chi connectivity index (χ3n) is 0.655. The number of rotatable bonds is 3. The van der Waals surface area contributed by atoms with Gasteiger partial charge in [0, 0.05) is 0 Å². The van der Waals surface area contributed by atoms with Crippen molar-refractivity contribution < 1.29 is 4.52 Å². The molecule has 52 valence electrons. The van der Waals surface area contributed by atoms with Crippen LogP contribution in [0.3, 0.4) is 0 Å². The van der Waals surface area contributed by atoms with Crippen LogP contribution < -0.4 is 0 Å². The number of hydrogen-bond acceptors (Lipinski definition) is 2. The van der Waals surface area contributed by atoms with Gasteiger partial charge in [-0.25, -0.2) is 0 Å². The molecule has 0 rings (SSSR count). The van der Waals surface area contributed by atoms with Crippen molar-refractivity contribution in [1.29, 1.82) is 5.26 Å². The first-order chi connectivity index (χ1) is 4.06. The standard InChI is InChI=1S/C6H12NOP/c1-9(2,3)8-6-4-5-7/h1,4,6H2,2-3H3. The Balaban J connectivity index is 3.32. The van der Waals surface area contributed by atoms with E-state index in [0.717, 1.165) is 0 Å². The summed E-state index contributed by atoms with van der Waals surface area (Å²) in [6, 6.07) is 2.01. The van der Waals surface area contributed by atoms with E-state index in [1.165, 1.54) is 0 Å². The summed E-state index contributed by atoms with van der Waals surface area (Å²) >= 11 is 0. The summed E-state index contributed by atoms with van der Waals surface area (Å²) in [5.41, 5.74) is 0. The second-order valence-corrected chi connectivity index (χ2v) is 5.72. The van der Waals surface area contributed by atoms with Gasteiger partial charge in [0.2, 0.25) is 0 Å². The fraction of sp³-hybridized carbons (Fsp3) is 0.667. The van der Waals surface area contributed by atoms with E-state index in [2.05, 4.69) is 6.30 Å². The molecule has 0 aromatic rings. The normalized spacial score (nSPS) is 10.8. The molecular formula is C6H12NOP. The molecule has 0 amide bonds. The maximum Gasteiger partial charge on any atom is 0.0646 e. The molecule has 0 aromatic carbocycles. The quantitative estimate of drug-likeness (QED) is 0.445. The van der Waals surface area contributed by atoms with Crippen LogP contribution in [0.25, 0.3) is 0 Å². The molecule has 0 saturated carbocycles. The highest BCUT2D eigenvalue weighted by molar-refractivity contribution is 7.67. The Labute approximate surface area is 56.5 Å². The summed E-state index contributed by atoms with van der Waals surface area (Å²) in [4.78, 5) is 0. The first kappa shape index (κ1) is 8.75. The molecule has 0 radical (unpaired) electrons. The molecule has 2 nitrogen and oxygen atoms in total. The highest BCUT2D eigenvalue weighted by Crippen LogP contribution is 2.36. The molecule has 0 fully saturated rings. The Morgan fingerprint density at radius 2 is 2.22 bits per heavy atom. The largest absolute Gasteiger partial charge is 0.361 e. The predicted octanol–water partition coefficient (Wildman–Crippen LogP) is 1.54. The molecule has 0 unspecified atom stereocenters. The fourth-order valence-corrected chi connectivity index (χ4v) is 0.924. The lowest BCUT2D eigenvalue weighted by Gasteiger charge is -2.11. The van der Waals surface area contributed by atoms with Crippen LogP contribution in [0.1, 0.15) is 6.42 Å². The van der Waals surface area contributed by atoms with Crippen molar-refractivity contribution in [1.82, 2.24) is 0 Å². The molecule has 0 aliphatic carbocycles. The molecule has 0 aliphatic heterocycles. The topological polar surface area (TPSA) is 33.0 Å². The van der Waals surface area contributed by atoms with E-state index in [-0.39, 0.29) is 0 Å². The monoisotopic (exact) mass is 145 g/mol. The lowest BCUT2D eigenvalue weighted by atomic mass is 10.5. The van der Waals surface area contributed by atoms with Crippen LogP contribution in [0.5, 0.6) is 0 Å². The second-order valence-electron chi connectivity index (χ2n) is 2.32. The van der Waals surface area contributed by atoms with Gasteiger partial charge in [0.05, 0.1) is 19.1 Å². The van der Waals surface area contributed by atoms with Gasteiger partial charge < -0.3 is 4.52 Å². The van der Waals surface area contributed by atoms with Gasteiger partial charge in [-0.1, -0.05) is 6.30 Å². The van der Waals surface area contributed by atoms with Crippen LogP contribution in [0.4, 0.5) is 0 Å². The highest BCUT2D eigenvalue weighted by atomic mass is 31.2. The maximum atomic E-state index is 8.13. The molecule has 0 aromatic heterocycles. The van der Waals surface area contributed by atoms with Crippen molar-refractivity contribution in [3.8, 4) is 6.07 Å². The lowest BCUT2D eigenvalue weighted by Crippen LogP contribution is -1.88. The molecule has 0 N–H and O–H groups in total. The molecule has 0 atom stereocenters. The van der Waals surface area contributed by atoms with E-state index in [9.17, 15) is 0 Å². The van der Waals surface area contributed by atoms with Crippen LogP contribution in [-0.2, 0) is 4.52 Å². The summed E-state index contributed by atoms with van der Waals surface area (Å²) in [7, 11) is -1.35. The summed E-state index contributed by atoms with van der Waals surface area (Å²) in [5.74, 6) is 0. The molecule has 0 saturated heterocycles. The van der Waals surface area contributed by atoms with Gasteiger partial charge in [-0.3, -0.25) is 0 Å².